The summed E-state index contributed by atoms with van der Waals surface area (Å²) in [6.07, 6.45) is -4.62. The lowest BCUT2D eigenvalue weighted by atomic mass is 10.2. The number of rotatable bonds is 6. The summed E-state index contributed by atoms with van der Waals surface area (Å²) >= 11 is 6.61. The van der Waals surface area contributed by atoms with Crippen LogP contribution in [0.1, 0.15) is 5.56 Å². The maximum Gasteiger partial charge on any atom is 0.417 e. The van der Waals surface area contributed by atoms with E-state index >= 15 is 0 Å². The van der Waals surface area contributed by atoms with Crippen LogP contribution in [0.5, 0.6) is 5.75 Å². The second kappa shape index (κ2) is 8.70. The van der Waals surface area contributed by atoms with Crippen molar-refractivity contribution < 1.29 is 22.7 Å². The number of carbonyl (C=O) groups is 1. The van der Waals surface area contributed by atoms with Gasteiger partial charge in [0.2, 0.25) is 11.1 Å². The molecule has 7 nitrogen and oxygen atoms in total. The number of benzene rings is 2. The van der Waals surface area contributed by atoms with Gasteiger partial charge in [-0.05, 0) is 52.9 Å². The molecule has 1 N–H and O–H groups in total. The molecule has 0 saturated carbocycles. The molecule has 0 aliphatic rings. The van der Waals surface area contributed by atoms with Gasteiger partial charge in [-0.3, -0.25) is 4.79 Å². The van der Waals surface area contributed by atoms with Crippen molar-refractivity contribution >= 4 is 35.0 Å². The highest BCUT2D eigenvalue weighted by Crippen LogP contribution is 2.36. The molecule has 0 spiro atoms. The van der Waals surface area contributed by atoms with Crippen molar-refractivity contribution in [2.45, 2.75) is 11.3 Å². The number of nitrogens with one attached hydrogen (secondary N) is 1. The number of halogens is 4. The van der Waals surface area contributed by atoms with E-state index in [2.05, 4.69) is 20.8 Å². The number of ether oxygens (including phenoxy) is 1. The zero-order valence-electron chi connectivity index (χ0n) is 14.8. The predicted octanol–water partition coefficient (Wildman–Crippen LogP) is 4.07. The first-order valence-electron chi connectivity index (χ1n) is 8.00. The number of carbonyl (C=O) groups excluding carboxylic acids is 1. The Morgan fingerprint density at radius 1 is 1.24 bits per heavy atom. The fraction of sp³-hybridized carbons (Fsp3) is 0.176. The number of methoxy groups -OCH3 is 1. The van der Waals surface area contributed by atoms with Gasteiger partial charge in [0, 0.05) is 5.69 Å². The minimum Gasteiger partial charge on any atom is -0.497 e. The Morgan fingerprint density at radius 3 is 2.62 bits per heavy atom. The molecule has 2 aromatic carbocycles. The minimum absolute atomic E-state index is 0.0120. The van der Waals surface area contributed by atoms with Gasteiger partial charge in [-0.1, -0.05) is 23.4 Å². The number of anilines is 1. The SMILES string of the molecule is COc1ccc(-n2nnnc2SCC(=O)Nc2ccc(Cl)c(C(F)(F)F)c2)cc1. The number of alkyl halides is 3. The van der Waals surface area contributed by atoms with E-state index in [1.807, 2.05) is 0 Å². The van der Waals surface area contributed by atoms with Crippen LogP contribution >= 0.6 is 23.4 Å². The molecule has 1 amide bonds. The van der Waals surface area contributed by atoms with Crippen molar-refractivity contribution in [1.82, 2.24) is 20.2 Å². The van der Waals surface area contributed by atoms with Gasteiger partial charge in [0.1, 0.15) is 5.75 Å². The van der Waals surface area contributed by atoms with Gasteiger partial charge in [-0.15, -0.1) is 5.10 Å². The molecule has 0 aliphatic carbocycles. The summed E-state index contributed by atoms with van der Waals surface area (Å²) in [5, 5.41) is 13.6. The summed E-state index contributed by atoms with van der Waals surface area (Å²) in [5.74, 6) is 0.0341. The van der Waals surface area contributed by atoms with E-state index in [1.165, 1.54) is 10.7 Å². The Kier molecular flexibility index (Phi) is 6.28. The topological polar surface area (TPSA) is 81.9 Å². The van der Waals surface area contributed by atoms with Crippen LogP contribution in [0.2, 0.25) is 5.02 Å². The summed E-state index contributed by atoms with van der Waals surface area (Å²) in [6.45, 7) is 0. The van der Waals surface area contributed by atoms with Crippen LogP contribution in [-0.4, -0.2) is 39.0 Å². The maximum absolute atomic E-state index is 12.9. The number of tetrazole rings is 1. The van der Waals surface area contributed by atoms with Gasteiger partial charge in [0.15, 0.2) is 0 Å². The maximum atomic E-state index is 12.9. The Morgan fingerprint density at radius 2 is 1.97 bits per heavy atom. The molecule has 152 valence electrons. The van der Waals surface area contributed by atoms with Gasteiger partial charge < -0.3 is 10.1 Å². The van der Waals surface area contributed by atoms with Crippen molar-refractivity contribution in [1.29, 1.82) is 0 Å². The molecule has 1 heterocycles. The first-order chi connectivity index (χ1) is 13.8. The number of hydrogen-bond acceptors (Lipinski definition) is 6. The van der Waals surface area contributed by atoms with E-state index in [0.29, 0.717) is 16.6 Å². The van der Waals surface area contributed by atoms with Crippen molar-refractivity contribution in [3.05, 3.63) is 53.1 Å². The van der Waals surface area contributed by atoms with Gasteiger partial charge in [-0.2, -0.15) is 17.9 Å². The first-order valence-corrected chi connectivity index (χ1v) is 9.36. The van der Waals surface area contributed by atoms with Crippen LogP contribution in [0.3, 0.4) is 0 Å². The van der Waals surface area contributed by atoms with Gasteiger partial charge >= 0.3 is 6.18 Å². The van der Waals surface area contributed by atoms with E-state index in [-0.39, 0.29) is 11.4 Å². The zero-order valence-corrected chi connectivity index (χ0v) is 16.3. The molecule has 0 fully saturated rings. The average Bonchev–Trinajstić information content (AvgIpc) is 3.15. The highest BCUT2D eigenvalue weighted by molar-refractivity contribution is 7.99. The summed E-state index contributed by atoms with van der Waals surface area (Å²) in [5.41, 5.74) is -0.374. The Labute approximate surface area is 172 Å². The van der Waals surface area contributed by atoms with Crippen molar-refractivity contribution in [2.75, 3.05) is 18.2 Å². The lowest BCUT2D eigenvalue weighted by molar-refractivity contribution is -0.137. The molecule has 12 heteroatoms. The third kappa shape index (κ3) is 5.18. The van der Waals surface area contributed by atoms with Crippen LogP contribution in [0.15, 0.2) is 47.6 Å². The number of amides is 1. The molecular formula is C17H13ClF3N5O2S. The normalized spacial score (nSPS) is 11.3. The summed E-state index contributed by atoms with van der Waals surface area (Å²) < 4.78 is 45.3. The predicted molar refractivity (Wildman–Crippen MR) is 102 cm³/mol. The van der Waals surface area contributed by atoms with Crippen molar-refractivity contribution in [3.63, 3.8) is 0 Å². The molecule has 1 aromatic heterocycles. The molecule has 0 aliphatic heterocycles. The quantitative estimate of drug-likeness (QED) is 0.578. The molecule has 29 heavy (non-hydrogen) atoms. The number of thioether (sulfide) groups is 1. The lowest BCUT2D eigenvalue weighted by Gasteiger charge is -2.11. The van der Waals surface area contributed by atoms with Crippen molar-refractivity contribution in [3.8, 4) is 11.4 Å². The zero-order chi connectivity index (χ0) is 21.0. The Bertz CT molecular complexity index is 1010. The number of hydrogen-bond donors (Lipinski definition) is 1. The third-order valence-corrected chi connectivity index (χ3v) is 4.89. The fourth-order valence-electron chi connectivity index (χ4n) is 2.30. The van der Waals surface area contributed by atoms with Gasteiger partial charge in [-0.25, -0.2) is 0 Å². The number of aromatic nitrogens is 4. The third-order valence-electron chi connectivity index (χ3n) is 3.65. The van der Waals surface area contributed by atoms with Crippen LogP contribution < -0.4 is 10.1 Å². The summed E-state index contributed by atoms with van der Waals surface area (Å²) in [4.78, 5) is 12.1. The molecule has 0 saturated heterocycles. The van der Waals surface area contributed by atoms with E-state index in [9.17, 15) is 18.0 Å². The molecule has 3 rings (SSSR count). The molecule has 3 aromatic rings. The van der Waals surface area contributed by atoms with Crippen LogP contribution in [-0.2, 0) is 11.0 Å². The monoisotopic (exact) mass is 443 g/mol. The highest BCUT2D eigenvalue weighted by atomic mass is 35.5. The van der Waals surface area contributed by atoms with Crippen molar-refractivity contribution in [2.24, 2.45) is 0 Å². The van der Waals surface area contributed by atoms with Gasteiger partial charge in [0.05, 0.1) is 29.1 Å². The van der Waals surface area contributed by atoms with E-state index in [1.54, 1.807) is 31.4 Å². The fourth-order valence-corrected chi connectivity index (χ4v) is 3.22. The molecular weight excluding hydrogens is 431 g/mol. The second-order valence-electron chi connectivity index (χ2n) is 5.60. The first kappa shape index (κ1) is 20.9. The largest absolute Gasteiger partial charge is 0.497 e. The molecule has 0 atom stereocenters. The standard InChI is InChI=1S/C17H13ClF3N5O2S/c1-28-12-5-3-11(4-6-12)26-16(23-24-25-26)29-9-15(27)22-10-2-7-14(18)13(8-10)17(19,20)21/h2-8H,9H2,1H3,(H,22,27). The number of nitrogens with zero attached hydrogens (tertiary/aromatic N) is 4. The smallest absolute Gasteiger partial charge is 0.417 e. The van der Waals surface area contributed by atoms with Crippen LogP contribution in [0.4, 0.5) is 18.9 Å². The molecule has 0 bridgehead atoms. The molecule has 0 unspecified atom stereocenters. The highest BCUT2D eigenvalue weighted by Gasteiger charge is 2.33. The van der Waals surface area contributed by atoms with Gasteiger partial charge in [0.25, 0.3) is 0 Å². The summed E-state index contributed by atoms with van der Waals surface area (Å²) in [6, 6.07) is 10.1. The summed E-state index contributed by atoms with van der Waals surface area (Å²) in [7, 11) is 1.55. The van der Waals surface area contributed by atoms with Crippen LogP contribution in [0.25, 0.3) is 5.69 Å². The second-order valence-corrected chi connectivity index (χ2v) is 6.95. The molecule has 0 radical (unpaired) electrons. The van der Waals surface area contributed by atoms with Crippen LogP contribution in [0, 0.1) is 0 Å². The average molecular weight is 444 g/mol. The Hall–Kier alpha value is -2.79. The Balaban J connectivity index is 1.66. The lowest BCUT2D eigenvalue weighted by Crippen LogP contribution is -2.15. The van der Waals surface area contributed by atoms with E-state index in [0.717, 1.165) is 23.9 Å². The van der Waals surface area contributed by atoms with E-state index in [4.69, 9.17) is 16.3 Å². The van der Waals surface area contributed by atoms with E-state index < -0.39 is 22.7 Å². The minimum atomic E-state index is -4.62.